The molecule has 0 radical (unpaired) electrons. The van der Waals surface area contributed by atoms with Gasteiger partial charge >= 0.3 is 0 Å². The summed E-state index contributed by atoms with van der Waals surface area (Å²) in [4.78, 5) is 0. The normalized spacial score (nSPS) is 17.2. The lowest BCUT2D eigenvalue weighted by Gasteiger charge is -2.11. The molecule has 0 unspecified atom stereocenters. The van der Waals surface area contributed by atoms with Crippen LogP contribution in [-0.4, -0.2) is 5.11 Å². The smallest absolute Gasteiger partial charge is 0.124 e. The second kappa shape index (κ2) is 4.94. The minimum atomic E-state index is -0.0434. The Hall–Kier alpha value is -2.00. The van der Waals surface area contributed by atoms with Gasteiger partial charge in [-0.3, -0.25) is 0 Å². The van der Waals surface area contributed by atoms with E-state index in [0.717, 1.165) is 29.5 Å². The molecule has 1 atom stereocenters. The van der Waals surface area contributed by atoms with Crippen LogP contribution in [0, 0.1) is 0 Å². The van der Waals surface area contributed by atoms with Gasteiger partial charge in [0.15, 0.2) is 0 Å². The standard InChI is InChI=1S/C16H17NO2/c17-14-7-6-12-8-13(9-15(18)16(12)14)19-10-11-4-2-1-3-5-11/h1-5,8-9,14,18H,6-7,10,17H2/t14-/m0/s1. The molecule has 0 saturated heterocycles. The molecule has 2 aromatic rings. The van der Waals surface area contributed by atoms with Crippen LogP contribution >= 0.6 is 0 Å². The van der Waals surface area contributed by atoms with Crippen molar-refractivity contribution < 1.29 is 9.84 Å². The zero-order chi connectivity index (χ0) is 13.2. The number of phenols is 1. The number of aromatic hydroxyl groups is 1. The molecule has 0 spiro atoms. The van der Waals surface area contributed by atoms with Gasteiger partial charge in [-0.05, 0) is 30.0 Å². The van der Waals surface area contributed by atoms with Gasteiger partial charge in [-0.2, -0.15) is 0 Å². The monoisotopic (exact) mass is 255 g/mol. The minimum Gasteiger partial charge on any atom is -0.507 e. The van der Waals surface area contributed by atoms with Crippen molar-refractivity contribution in [3.05, 3.63) is 59.2 Å². The van der Waals surface area contributed by atoms with Crippen LogP contribution in [0.2, 0.25) is 0 Å². The predicted molar refractivity (Wildman–Crippen MR) is 74.1 cm³/mol. The molecule has 0 heterocycles. The highest BCUT2D eigenvalue weighted by molar-refractivity contribution is 5.49. The molecule has 3 N–H and O–H groups in total. The molecule has 3 nitrogen and oxygen atoms in total. The average molecular weight is 255 g/mol. The molecule has 19 heavy (non-hydrogen) atoms. The summed E-state index contributed by atoms with van der Waals surface area (Å²) < 4.78 is 5.73. The summed E-state index contributed by atoms with van der Waals surface area (Å²) in [5, 5.41) is 10.0. The molecule has 0 aromatic heterocycles. The molecule has 1 aliphatic carbocycles. The molecule has 0 bridgehead atoms. The summed E-state index contributed by atoms with van der Waals surface area (Å²) in [6, 6.07) is 13.6. The highest BCUT2D eigenvalue weighted by Crippen LogP contribution is 2.39. The first-order valence-electron chi connectivity index (χ1n) is 6.52. The van der Waals surface area contributed by atoms with Gasteiger partial charge < -0.3 is 15.6 Å². The molecular weight excluding hydrogens is 238 g/mol. The van der Waals surface area contributed by atoms with E-state index >= 15 is 0 Å². The number of aryl methyl sites for hydroxylation is 1. The average Bonchev–Trinajstić information content (AvgIpc) is 2.80. The summed E-state index contributed by atoms with van der Waals surface area (Å²) in [7, 11) is 0. The van der Waals surface area contributed by atoms with Crippen LogP contribution in [0.15, 0.2) is 42.5 Å². The van der Waals surface area contributed by atoms with Crippen molar-refractivity contribution in [3.8, 4) is 11.5 Å². The lowest BCUT2D eigenvalue weighted by atomic mass is 10.1. The van der Waals surface area contributed by atoms with Gasteiger partial charge in [0, 0.05) is 17.7 Å². The number of fused-ring (bicyclic) bond motifs is 1. The van der Waals surface area contributed by atoms with Gasteiger partial charge in [-0.15, -0.1) is 0 Å². The fourth-order valence-corrected chi connectivity index (χ4v) is 2.58. The maximum absolute atomic E-state index is 10.0. The molecule has 0 aliphatic heterocycles. The zero-order valence-electron chi connectivity index (χ0n) is 10.7. The van der Waals surface area contributed by atoms with Gasteiger partial charge in [0.25, 0.3) is 0 Å². The summed E-state index contributed by atoms with van der Waals surface area (Å²) in [5.41, 5.74) is 9.06. The Morgan fingerprint density at radius 1 is 1.21 bits per heavy atom. The van der Waals surface area contributed by atoms with Crippen molar-refractivity contribution >= 4 is 0 Å². The van der Waals surface area contributed by atoms with Gasteiger partial charge in [0.1, 0.15) is 18.1 Å². The number of benzene rings is 2. The Morgan fingerprint density at radius 3 is 2.79 bits per heavy atom. The quantitative estimate of drug-likeness (QED) is 0.886. The second-order valence-corrected chi connectivity index (χ2v) is 4.93. The lowest BCUT2D eigenvalue weighted by molar-refractivity contribution is 0.304. The third kappa shape index (κ3) is 2.42. The Morgan fingerprint density at radius 2 is 2.00 bits per heavy atom. The predicted octanol–water partition coefficient (Wildman–Crippen LogP) is 2.92. The highest BCUT2D eigenvalue weighted by Gasteiger charge is 2.23. The molecule has 3 rings (SSSR count). The van der Waals surface area contributed by atoms with Crippen LogP contribution in [0.25, 0.3) is 0 Å². The van der Waals surface area contributed by atoms with E-state index in [4.69, 9.17) is 10.5 Å². The third-order valence-corrected chi connectivity index (χ3v) is 3.56. The molecule has 0 fully saturated rings. The Bertz CT molecular complexity index is 581. The van der Waals surface area contributed by atoms with Gasteiger partial charge in [0.2, 0.25) is 0 Å². The van der Waals surface area contributed by atoms with Crippen molar-refractivity contribution in [1.82, 2.24) is 0 Å². The highest BCUT2D eigenvalue weighted by atomic mass is 16.5. The summed E-state index contributed by atoms with van der Waals surface area (Å²) >= 11 is 0. The topological polar surface area (TPSA) is 55.5 Å². The Balaban J connectivity index is 1.78. The summed E-state index contributed by atoms with van der Waals surface area (Å²) in [6.45, 7) is 0.505. The largest absolute Gasteiger partial charge is 0.507 e. The Labute approximate surface area is 112 Å². The first-order chi connectivity index (χ1) is 9.24. The van der Waals surface area contributed by atoms with Crippen molar-refractivity contribution in [2.75, 3.05) is 0 Å². The van der Waals surface area contributed by atoms with E-state index in [1.807, 2.05) is 36.4 Å². The molecule has 1 aliphatic rings. The number of rotatable bonds is 3. The number of phenolic OH excluding ortho intramolecular Hbond substituents is 1. The first-order valence-corrected chi connectivity index (χ1v) is 6.52. The van der Waals surface area contributed by atoms with E-state index in [9.17, 15) is 5.11 Å². The van der Waals surface area contributed by atoms with E-state index in [2.05, 4.69) is 0 Å². The number of nitrogens with two attached hydrogens (primary N) is 1. The second-order valence-electron chi connectivity index (χ2n) is 4.93. The number of ether oxygens (including phenoxy) is 1. The van der Waals surface area contributed by atoms with Crippen molar-refractivity contribution in [3.63, 3.8) is 0 Å². The van der Waals surface area contributed by atoms with Gasteiger partial charge in [-0.1, -0.05) is 30.3 Å². The van der Waals surface area contributed by atoms with E-state index in [1.165, 1.54) is 0 Å². The van der Waals surface area contributed by atoms with Crippen molar-refractivity contribution in [2.45, 2.75) is 25.5 Å². The van der Waals surface area contributed by atoms with Gasteiger partial charge in [-0.25, -0.2) is 0 Å². The fraction of sp³-hybridized carbons (Fsp3) is 0.250. The van der Waals surface area contributed by atoms with Crippen LogP contribution < -0.4 is 10.5 Å². The maximum Gasteiger partial charge on any atom is 0.124 e. The van der Waals surface area contributed by atoms with E-state index in [1.54, 1.807) is 6.07 Å². The SMILES string of the molecule is N[C@H]1CCc2cc(OCc3ccccc3)cc(O)c21. The van der Waals surface area contributed by atoms with E-state index in [0.29, 0.717) is 12.4 Å². The summed E-state index contributed by atoms with van der Waals surface area (Å²) in [6.07, 6.45) is 1.80. The van der Waals surface area contributed by atoms with Crippen LogP contribution in [0.4, 0.5) is 0 Å². The number of hydrogen-bond acceptors (Lipinski definition) is 3. The molecule has 2 aromatic carbocycles. The summed E-state index contributed by atoms with van der Waals surface area (Å²) in [5.74, 6) is 0.958. The van der Waals surface area contributed by atoms with E-state index in [-0.39, 0.29) is 11.8 Å². The number of hydrogen-bond donors (Lipinski definition) is 2. The molecular formula is C16H17NO2. The van der Waals surface area contributed by atoms with Crippen molar-refractivity contribution in [1.29, 1.82) is 0 Å². The van der Waals surface area contributed by atoms with Crippen LogP contribution in [0.1, 0.15) is 29.2 Å². The lowest BCUT2D eigenvalue weighted by Crippen LogP contribution is -2.05. The third-order valence-electron chi connectivity index (χ3n) is 3.56. The molecule has 98 valence electrons. The van der Waals surface area contributed by atoms with Gasteiger partial charge in [0.05, 0.1) is 0 Å². The zero-order valence-corrected chi connectivity index (χ0v) is 10.7. The molecule has 0 amide bonds. The Kier molecular flexibility index (Phi) is 3.13. The van der Waals surface area contributed by atoms with E-state index < -0.39 is 0 Å². The molecule has 0 saturated carbocycles. The molecule has 3 heteroatoms. The first kappa shape index (κ1) is 12.1. The van der Waals surface area contributed by atoms with Crippen LogP contribution in [0.3, 0.4) is 0 Å². The minimum absolute atomic E-state index is 0.0434. The van der Waals surface area contributed by atoms with Crippen LogP contribution in [-0.2, 0) is 13.0 Å². The van der Waals surface area contributed by atoms with Crippen molar-refractivity contribution in [2.24, 2.45) is 5.73 Å². The fourth-order valence-electron chi connectivity index (χ4n) is 2.58. The maximum atomic E-state index is 10.0. The van der Waals surface area contributed by atoms with Crippen LogP contribution in [0.5, 0.6) is 11.5 Å².